The third-order valence-corrected chi connectivity index (χ3v) is 5.94. The van der Waals surface area contributed by atoms with Crippen LogP contribution in [0, 0.1) is 0 Å². The van der Waals surface area contributed by atoms with E-state index in [0.29, 0.717) is 37.4 Å². The molecular formula is C16H21BrN2O3S. The van der Waals surface area contributed by atoms with Crippen LogP contribution in [0.5, 0.6) is 0 Å². The van der Waals surface area contributed by atoms with Crippen LogP contribution in [-0.4, -0.2) is 38.3 Å². The van der Waals surface area contributed by atoms with Gasteiger partial charge < -0.3 is 5.32 Å². The summed E-state index contributed by atoms with van der Waals surface area (Å²) >= 11 is 3.18. The summed E-state index contributed by atoms with van der Waals surface area (Å²) in [5.41, 5.74) is 0.943. The number of hydrogen-bond donors (Lipinski definition) is 1. The number of benzene rings is 1. The first-order chi connectivity index (χ1) is 10.9. The number of nitrogens with zero attached hydrogens (tertiary/aromatic N) is 1. The zero-order chi connectivity index (χ0) is 16.9. The second-order valence-electron chi connectivity index (χ2n) is 5.55. The molecule has 7 heteroatoms. The Morgan fingerprint density at radius 3 is 2.39 bits per heavy atom. The van der Waals surface area contributed by atoms with Gasteiger partial charge in [-0.15, -0.1) is 0 Å². The van der Waals surface area contributed by atoms with Gasteiger partial charge in [-0.25, -0.2) is 8.42 Å². The molecule has 0 unspecified atom stereocenters. The zero-order valence-corrected chi connectivity index (χ0v) is 15.3. The molecule has 1 amide bonds. The SMILES string of the molecule is C=C(Br)CNC(=O)CCc1ccc(S(=O)(=O)N2CCCC2)cc1. The number of halogens is 1. The molecule has 0 aliphatic carbocycles. The van der Waals surface area contributed by atoms with E-state index in [9.17, 15) is 13.2 Å². The Labute approximate surface area is 145 Å². The van der Waals surface area contributed by atoms with Gasteiger partial charge in [-0.05, 0) is 37.0 Å². The van der Waals surface area contributed by atoms with Crippen molar-refractivity contribution in [3.63, 3.8) is 0 Å². The van der Waals surface area contributed by atoms with Gasteiger partial charge in [0.25, 0.3) is 0 Å². The number of carbonyl (C=O) groups is 1. The molecule has 0 aromatic heterocycles. The fraction of sp³-hybridized carbons (Fsp3) is 0.438. The standard InChI is InChI=1S/C16H21BrN2O3S/c1-13(17)12-18-16(20)9-6-14-4-7-15(8-5-14)23(21,22)19-10-2-3-11-19/h4-5,7-8H,1-3,6,9-12H2,(H,18,20). The maximum Gasteiger partial charge on any atom is 0.243 e. The minimum atomic E-state index is -3.37. The van der Waals surface area contributed by atoms with Crippen LogP contribution in [0.3, 0.4) is 0 Å². The van der Waals surface area contributed by atoms with Crippen molar-refractivity contribution in [2.24, 2.45) is 0 Å². The molecule has 1 fully saturated rings. The molecule has 126 valence electrons. The maximum atomic E-state index is 12.4. The monoisotopic (exact) mass is 400 g/mol. The Morgan fingerprint density at radius 1 is 1.22 bits per heavy atom. The van der Waals surface area contributed by atoms with Crippen molar-refractivity contribution in [3.8, 4) is 0 Å². The molecule has 0 saturated carbocycles. The zero-order valence-electron chi connectivity index (χ0n) is 12.9. The summed E-state index contributed by atoms with van der Waals surface area (Å²) in [4.78, 5) is 12.0. The molecule has 5 nitrogen and oxygen atoms in total. The largest absolute Gasteiger partial charge is 0.352 e. The lowest BCUT2D eigenvalue weighted by Crippen LogP contribution is -2.27. The van der Waals surface area contributed by atoms with Gasteiger partial charge in [-0.2, -0.15) is 4.31 Å². The van der Waals surface area contributed by atoms with E-state index < -0.39 is 10.0 Å². The predicted molar refractivity (Wildman–Crippen MR) is 93.8 cm³/mol. The lowest BCUT2D eigenvalue weighted by molar-refractivity contribution is -0.120. The summed E-state index contributed by atoms with van der Waals surface area (Å²) in [5, 5.41) is 2.74. The Morgan fingerprint density at radius 2 is 1.83 bits per heavy atom. The van der Waals surface area contributed by atoms with Crippen LogP contribution >= 0.6 is 15.9 Å². The topological polar surface area (TPSA) is 66.5 Å². The van der Waals surface area contributed by atoms with Gasteiger partial charge in [-0.3, -0.25) is 4.79 Å². The van der Waals surface area contributed by atoms with Gasteiger partial charge in [0.15, 0.2) is 0 Å². The van der Waals surface area contributed by atoms with Gasteiger partial charge in [-0.1, -0.05) is 34.6 Å². The number of hydrogen-bond acceptors (Lipinski definition) is 3. The third kappa shape index (κ3) is 5.16. The summed E-state index contributed by atoms with van der Waals surface area (Å²) < 4.78 is 27.1. The second-order valence-corrected chi connectivity index (χ2v) is 8.61. The van der Waals surface area contributed by atoms with Crippen molar-refractivity contribution in [2.45, 2.75) is 30.6 Å². The molecule has 0 bridgehead atoms. The van der Waals surface area contributed by atoms with Crippen LogP contribution in [0.2, 0.25) is 0 Å². The minimum absolute atomic E-state index is 0.0561. The van der Waals surface area contributed by atoms with Crippen molar-refractivity contribution in [2.75, 3.05) is 19.6 Å². The van der Waals surface area contributed by atoms with Gasteiger partial charge in [0, 0.05) is 30.5 Å². The van der Waals surface area contributed by atoms with Gasteiger partial charge in [0.1, 0.15) is 0 Å². The van der Waals surface area contributed by atoms with E-state index in [1.54, 1.807) is 24.3 Å². The summed E-state index contributed by atoms with van der Waals surface area (Å²) in [5.74, 6) is -0.0561. The molecule has 0 atom stereocenters. The van der Waals surface area contributed by atoms with Crippen molar-refractivity contribution in [1.82, 2.24) is 9.62 Å². The summed E-state index contributed by atoms with van der Waals surface area (Å²) in [6.45, 7) is 5.26. The normalized spacial score (nSPS) is 15.5. The van der Waals surface area contributed by atoms with E-state index in [1.165, 1.54) is 4.31 Å². The molecular weight excluding hydrogens is 380 g/mol. The molecule has 1 aliphatic heterocycles. The van der Waals surface area contributed by atoms with Gasteiger partial charge in [0.05, 0.1) is 4.90 Å². The third-order valence-electron chi connectivity index (χ3n) is 3.74. The van der Waals surface area contributed by atoms with Crippen LogP contribution in [-0.2, 0) is 21.2 Å². The second kappa shape index (κ2) is 8.08. The van der Waals surface area contributed by atoms with Crippen molar-refractivity contribution in [3.05, 3.63) is 40.9 Å². The maximum absolute atomic E-state index is 12.4. The minimum Gasteiger partial charge on any atom is -0.352 e. The van der Waals surface area contributed by atoms with E-state index in [-0.39, 0.29) is 5.91 Å². The number of aryl methyl sites for hydroxylation is 1. The predicted octanol–water partition coefficient (Wildman–Crippen LogP) is 2.43. The van der Waals surface area contributed by atoms with Crippen molar-refractivity contribution < 1.29 is 13.2 Å². The number of amides is 1. The fourth-order valence-corrected chi connectivity index (χ4v) is 4.10. The Hall–Kier alpha value is -1.18. The molecule has 0 spiro atoms. The lowest BCUT2D eigenvalue weighted by atomic mass is 10.1. The summed E-state index contributed by atoms with van der Waals surface area (Å²) in [6.07, 6.45) is 2.78. The Balaban J connectivity index is 1.92. The van der Waals surface area contributed by atoms with Crippen LogP contribution in [0.25, 0.3) is 0 Å². The lowest BCUT2D eigenvalue weighted by Gasteiger charge is -2.15. The highest BCUT2D eigenvalue weighted by molar-refractivity contribution is 9.11. The van der Waals surface area contributed by atoms with Gasteiger partial charge in [0.2, 0.25) is 15.9 Å². The molecule has 1 aromatic rings. The number of rotatable bonds is 7. The average molecular weight is 401 g/mol. The first kappa shape index (κ1) is 18.2. The first-order valence-corrected chi connectivity index (χ1v) is 9.82. The van der Waals surface area contributed by atoms with Crippen molar-refractivity contribution >= 4 is 31.9 Å². The molecule has 1 heterocycles. The highest BCUT2D eigenvalue weighted by atomic mass is 79.9. The molecule has 1 aliphatic rings. The molecule has 1 saturated heterocycles. The molecule has 1 N–H and O–H groups in total. The van der Waals surface area contributed by atoms with Crippen LogP contribution in [0.15, 0.2) is 40.2 Å². The smallest absolute Gasteiger partial charge is 0.243 e. The number of sulfonamides is 1. The van der Waals surface area contributed by atoms with E-state index >= 15 is 0 Å². The van der Waals surface area contributed by atoms with E-state index in [0.717, 1.165) is 22.9 Å². The first-order valence-electron chi connectivity index (χ1n) is 7.58. The molecule has 23 heavy (non-hydrogen) atoms. The van der Waals surface area contributed by atoms with E-state index in [2.05, 4.69) is 27.8 Å². The number of carbonyl (C=O) groups excluding carboxylic acids is 1. The van der Waals surface area contributed by atoms with E-state index in [1.807, 2.05) is 0 Å². The molecule has 2 rings (SSSR count). The van der Waals surface area contributed by atoms with Crippen molar-refractivity contribution in [1.29, 1.82) is 0 Å². The average Bonchev–Trinajstić information content (AvgIpc) is 3.06. The van der Waals surface area contributed by atoms with Crippen LogP contribution < -0.4 is 5.32 Å². The quantitative estimate of drug-likeness (QED) is 0.763. The van der Waals surface area contributed by atoms with Crippen LogP contribution in [0.4, 0.5) is 0 Å². The number of nitrogens with one attached hydrogen (secondary N) is 1. The summed E-state index contributed by atoms with van der Waals surface area (Å²) in [7, 11) is -3.37. The highest BCUT2D eigenvalue weighted by Gasteiger charge is 2.26. The van der Waals surface area contributed by atoms with Gasteiger partial charge >= 0.3 is 0 Å². The Kier molecular flexibility index (Phi) is 6.38. The highest BCUT2D eigenvalue weighted by Crippen LogP contribution is 2.21. The molecule has 0 radical (unpaired) electrons. The molecule has 1 aromatic carbocycles. The summed E-state index contributed by atoms with van der Waals surface area (Å²) in [6, 6.07) is 6.81. The van der Waals surface area contributed by atoms with E-state index in [4.69, 9.17) is 0 Å². The van der Waals surface area contributed by atoms with Crippen LogP contribution in [0.1, 0.15) is 24.8 Å². The Bertz CT molecular complexity index is 665. The fourth-order valence-electron chi connectivity index (χ4n) is 2.45.